The summed E-state index contributed by atoms with van der Waals surface area (Å²) in [5.41, 5.74) is 6.05. The summed E-state index contributed by atoms with van der Waals surface area (Å²) in [6, 6.07) is 18.6. The smallest absolute Gasteiger partial charge is 0.336 e. The number of hydrogen-bond donors (Lipinski definition) is 0. The van der Waals surface area contributed by atoms with Crippen LogP contribution < -0.4 is 10.4 Å². The van der Waals surface area contributed by atoms with Crippen LogP contribution in [0.1, 0.15) is 27.0 Å². The number of ether oxygens (including phenoxy) is 1. The molecule has 0 fully saturated rings. The summed E-state index contributed by atoms with van der Waals surface area (Å²) in [6.45, 7) is 1.65. The van der Waals surface area contributed by atoms with Crippen LogP contribution >= 0.6 is 11.6 Å². The van der Waals surface area contributed by atoms with E-state index in [1.165, 1.54) is 22.8 Å². The van der Waals surface area contributed by atoms with Crippen molar-refractivity contribution >= 4 is 28.4 Å². The van der Waals surface area contributed by atoms with Crippen LogP contribution in [-0.4, -0.2) is 12.4 Å². The molecule has 4 nitrogen and oxygen atoms in total. The number of halogens is 1. The van der Waals surface area contributed by atoms with Crippen LogP contribution in [0.3, 0.4) is 0 Å². The van der Waals surface area contributed by atoms with E-state index < -0.39 is 5.63 Å². The average Bonchev–Trinajstić information content (AvgIpc) is 3.10. The second kappa shape index (κ2) is 7.15. The molecule has 0 saturated heterocycles. The standard InChI is InChI=1S/C25H17ClO4/c1-14-8-25(28)30-23-12-24(21(26)11-19(14)23)29-13-22(27)17-7-6-16-9-15-4-2-3-5-18(15)20(16)10-17/h2-8,10-12H,9,13H2,1H3. The van der Waals surface area contributed by atoms with Gasteiger partial charge >= 0.3 is 5.63 Å². The molecular formula is C25H17ClO4. The molecule has 0 N–H and O–H groups in total. The third-order valence-corrected chi connectivity index (χ3v) is 5.78. The number of fused-ring (bicyclic) bond motifs is 4. The number of hydrogen-bond acceptors (Lipinski definition) is 4. The summed E-state index contributed by atoms with van der Waals surface area (Å²) >= 11 is 6.32. The molecule has 1 aliphatic rings. The first-order valence-electron chi connectivity index (χ1n) is 9.61. The van der Waals surface area contributed by atoms with Gasteiger partial charge in [0.25, 0.3) is 0 Å². The van der Waals surface area contributed by atoms with Gasteiger partial charge in [0.2, 0.25) is 0 Å². The summed E-state index contributed by atoms with van der Waals surface area (Å²) in [5, 5.41) is 1.09. The number of carbonyl (C=O) groups is 1. The maximum atomic E-state index is 12.8. The number of ketones is 1. The zero-order valence-corrected chi connectivity index (χ0v) is 17.0. The lowest BCUT2D eigenvalue weighted by Gasteiger charge is -2.10. The van der Waals surface area contributed by atoms with E-state index in [1.54, 1.807) is 12.1 Å². The van der Waals surface area contributed by atoms with E-state index in [9.17, 15) is 9.59 Å². The van der Waals surface area contributed by atoms with Crippen LogP contribution in [0.5, 0.6) is 5.75 Å². The quantitative estimate of drug-likeness (QED) is 0.283. The Hall–Kier alpha value is -3.37. The molecule has 0 spiro atoms. The second-order valence-corrected chi connectivity index (χ2v) is 7.85. The molecular weight excluding hydrogens is 400 g/mol. The minimum absolute atomic E-state index is 0.149. The third kappa shape index (κ3) is 3.19. The van der Waals surface area contributed by atoms with E-state index in [0.717, 1.165) is 22.9 Å². The molecule has 148 valence electrons. The Labute approximate surface area is 177 Å². The van der Waals surface area contributed by atoms with Crippen molar-refractivity contribution in [1.29, 1.82) is 0 Å². The van der Waals surface area contributed by atoms with Crippen LogP contribution in [0.25, 0.3) is 22.1 Å². The fourth-order valence-electron chi connectivity index (χ4n) is 3.95. The third-order valence-electron chi connectivity index (χ3n) is 5.48. The normalized spacial score (nSPS) is 11.9. The molecule has 0 amide bonds. The van der Waals surface area contributed by atoms with E-state index in [1.807, 2.05) is 37.3 Å². The largest absolute Gasteiger partial charge is 0.484 e. The maximum Gasteiger partial charge on any atom is 0.336 e. The van der Waals surface area contributed by atoms with Crippen molar-refractivity contribution in [3.05, 3.63) is 98.4 Å². The Morgan fingerprint density at radius 2 is 1.83 bits per heavy atom. The van der Waals surface area contributed by atoms with Crippen molar-refractivity contribution in [1.82, 2.24) is 0 Å². The van der Waals surface area contributed by atoms with Gasteiger partial charge in [-0.15, -0.1) is 0 Å². The predicted molar refractivity (Wildman–Crippen MR) is 117 cm³/mol. The first kappa shape index (κ1) is 18.6. The van der Waals surface area contributed by atoms with Crippen molar-refractivity contribution in [2.24, 2.45) is 0 Å². The van der Waals surface area contributed by atoms with E-state index in [0.29, 0.717) is 21.9 Å². The minimum Gasteiger partial charge on any atom is -0.484 e. The number of benzene rings is 3. The summed E-state index contributed by atoms with van der Waals surface area (Å²) in [6.07, 6.45) is 0.883. The van der Waals surface area contributed by atoms with Gasteiger partial charge in [-0.1, -0.05) is 48.0 Å². The lowest BCUT2D eigenvalue weighted by molar-refractivity contribution is 0.0921. The van der Waals surface area contributed by atoms with Gasteiger partial charge in [-0.2, -0.15) is 0 Å². The van der Waals surface area contributed by atoms with E-state index in [-0.39, 0.29) is 12.4 Å². The molecule has 30 heavy (non-hydrogen) atoms. The topological polar surface area (TPSA) is 56.5 Å². The van der Waals surface area contributed by atoms with Crippen molar-refractivity contribution in [3.63, 3.8) is 0 Å². The molecule has 0 bridgehead atoms. The zero-order chi connectivity index (χ0) is 20.8. The predicted octanol–water partition coefficient (Wildman–Crippen LogP) is 5.59. The monoisotopic (exact) mass is 416 g/mol. The highest BCUT2D eigenvalue weighted by molar-refractivity contribution is 6.32. The van der Waals surface area contributed by atoms with Crippen molar-refractivity contribution in [3.8, 4) is 16.9 Å². The van der Waals surface area contributed by atoms with Gasteiger partial charge in [-0.3, -0.25) is 4.79 Å². The lowest BCUT2D eigenvalue weighted by Crippen LogP contribution is -2.12. The van der Waals surface area contributed by atoms with Crippen LogP contribution in [0.2, 0.25) is 5.02 Å². The molecule has 3 aromatic carbocycles. The first-order chi connectivity index (χ1) is 14.5. The van der Waals surface area contributed by atoms with Gasteiger partial charge in [-0.25, -0.2) is 4.79 Å². The Morgan fingerprint density at radius 3 is 2.70 bits per heavy atom. The molecule has 0 radical (unpaired) electrons. The molecule has 1 aromatic heterocycles. The Kier molecular flexibility index (Phi) is 4.44. The van der Waals surface area contributed by atoms with Gasteiger partial charge in [0.15, 0.2) is 12.4 Å². The number of Topliss-reactive ketones (excluding diaryl/α,β-unsaturated/α-hetero) is 1. The van der Waals surface area contributed by atoms with Crippen LogP contribution in [-0.2, 0) is 6.42 Å². The van der Waals surface area contributed by atoms with Gasteiger partial charge < -0.3 is 9.15 Å². The molecule has 1 heterocycles. The molecule has 0 unspecified atom stereocenters. The number of carbonyl (C=O) groups excluding carboxylic acids is 1. The van der Waals surface area contributed by atoms with E-state index in [4.69, 9.17) is 20.8 Å². The number of rotatable bonds is 4. The SMILES string of the molecule is Cc1cc(=O)oc2cc(OCC(=O)c3ccc4c(c3)-c3ccccc3C4)c(Cl)cc12. The van der Waals surface area contributed by atoms with E-state index >= 15 is 0 Å². The molecule has 0 saturated carbocycles. The van der Waals surface area contributed by atoms with Crippen LogP contribution in [0.4, 0.5) is 0 Å². The van der Waals surface area contributed by atoms with Crippen LogP contribution in [0, 0.1) is 6.92 Å². The van der Waals surface area contributed by atoms with Crippen molar-refractivity contribution in [2.75, 3.05) is 6.61 Å². The Bertz CT molecular complexity index is 1380. The van der Waals surface area contributed by atoms with Gasteiger partial charge in [0.1, 0.15) is 11.3 Å². The lowest BCUT2D eigenvalue weighted by atomic mass is 10.0. The Morgan fingerprint density at radius 1 is 1.03 bits per heavy atom. The summed E-state index contributed by atoms with van der Waals surface area (Å²) in [4.78, 5) is 24.4. The van der Waals surface area contributed by atoms with Gasteiger partial charge in [0, 0.05) is 23.1 Å². The highest BCUT2D eigenvalue weighted by Gasteiger charge is 2.20. The van der Waals surface area contributed by atoms with Crippen molar-refractivity contribution in [2.45, 2.75) is 13.3 Å². The Balaban J connectivity index is 1.40. The van der Waals surface area contributed by atoms with Crippen molar-refractivity contribution < 1.29 is 13.9 Å². The fourth-order valence-corrected chi connectivity index (χ4v) is 4.17. The highest BCUT2D eigenvalue weighted by Crippen LogP contribution is 2.37. The summed E-state index contributed by atoms with van der Waals surface area (Å²) < 4.78 is 10.9. The molecule has 0 aliphatic heterocycles. The molecule has 0 atom stereocenters. The number of aryl methyl sites for hydroxylation is 1. The average molecular weight is 417 g/mol. The minimum atomic E-state index is -0.442. The maximum absolute atomic E-state index is 12.8. The highest BCUT2D eigenvalue weighted by atomic mass is 35.5. The molecule has 5 rings (SSSR count). The summed E-state index contributed by atoms with van der Waals surface area (Å²) in [7, 11) is 0. The van der Waals surface area contributed by atoms with Gasteiger partial charge in [-0.05, 0) is 53.3 Å². The van der Waals surface area contributed by atoms with E-state index in [2.05, 4.69) is 12.1 Å². The second-order valence-electron chi connectivity index (χ2n) is 7.44. The fraction of sp³-hybridized carbons (Fsp3) is 0.120. The molecule has 4 aromatic rings. The van der Waals surface area contributed by atoms with Gasteiger partial charge in [0.05, 0.1) is 5.02 Å². The first-order valence-corrected chi connectivity index (χ1v) is 9.98. The van der Waals surface area contributed by atoms with Crippen LogP contribution in [0.15, 0.2) is 69.9 Å². The molecule has 1 aliphatic carbocycles. The summed E-state index contributed by atoms with van der Waals surface area (Å²) in [5.74, 6) is 0.154. The molecule has 5 heteroatoms. The zero-order valence-electron chi connectivity index (χ0n) is 16.2.